The van der Waals surface area contributed by atoms with Gasteiger partial charge in [-0.15, -0.1) is 0 Å². The Hall–Kier alpha value is -2.73. The molecule has 1 aliphatic heterocycles. The van der Waals surface area contributed by atoms with Gasteiger partial charge in [0.05, 0.1) is 12.6 Å². The average molecular weight is 510 g/mol. The molecule has 2 aliphatic rings. The van der Waals surface area contributed by atoms with Gasteiger partial charge in [0.15, 0.2) is 0 Å². The first-order valence-electron chi connectivity index (χ1n) is 12.5. The number of hydrogen-bond acceptors (Lipinski definition) is 5. The second-order valence-electron chi connectivity index (χ2n) is 10.1. The Morgan fingerprint density at radius 1 is 1.14 bits per heavy atom. The van der Waals surface area contributed by atoms with Crippen molar-refractivity contribution in [1.29, 1.82) is 0 Å². The van der Waals surface area contributed by atoms with Gasteiger partial charge in [-0.3, -0.25) is 14.5 Å². The first-order valence-corrected chi connectivity index (χ1v) is 14.3. The minimum atomic E-state index is -3.90. The number of ether oxygens (including phenoxy) is 1. The molecule has 1 aromatic heterocycles. The molecule has 0 bridgehead atoms. The third-order valence-electron chi connectivity index (χ3n) is 7.13. The lowest BCUT2D eigenvalue weighted by atomic mass is 9.70. The summed E-state index contributed by atoms with van der Waals surface area (Å²) in [7, 11) is -3.90. The van der Waals surface area contributed by atoms with Gasteiger partial charge in [0.25, 0.3) is 0 Å². The number of rotatable bonds is 10. The molecule has 2 unspecified atom stereocenters. The van der Waals surface area contributed by atoms with Crippen molar-refractivity contribution in [3.05, 3.63) is 82.2 Å². The van der Waals surface area contributed by atoms with Crippen LogP contribution in [0.25, 0.3) is 0 Å². The lowest BCUT2D eigenvalue weighted by Gasteiger charge is -2.38. The van der Waals surface area contributed by atoms with Crippen molar-refractivity contribution in [1.82, 2.24) is 4.98 Å². The minimum Gasteiger partial charge on any atom is -0.494 e. The minimum absolute atomic E-state index is 0.00656. The van der Waals surface area contributed by atoms with Crippen LogP contribution in [0.15, 0.2) is 59.3 Å². The predicted octanol–water partition coefficient (Wildman–Crippen LogP) is 4.76. The lowest BCUT2D eigenvalue weighted by molar-refractivity contribution is 0.305. The predicted molar refractivity (Wildman–Crippen MR) is 144 cm³/mol. The molecule has 7 nitrogen and oxygen atoms in total. The number of allylic oxidation sites excluding steroid dienone is 2. The summed E-state index contributed by atoms with van der Waals surface area (Å²) in [6.07, 6.45) is 12.2. The van der Waals surface area contributed by atoms with E-state index in [9.17, 15) is 4.57 Å². The van der Waals surface area contributed by atoms with Gasteiger partial charge < -0.3 is 20.3 Å². The van der Waals surface area contributed by atoms with Crippen molar-refractivity contribution in [3.63, 3.8) is 0 Å². The molecule has 4 N–H and O–H groups in total. The Kier molecular flexibility index (Phi) is 7.84. The van der Waals surface area contributed by atoms with Crippen molar-refractivity contribution < 1.29 is 19.1 Å². The van der Waals surface area contributed by atoms with E-state index in [0.717, 1.165) is 42.7 Å². The number of nitrogens with zero attached hydrogens (tertiary/aromatic N) is 2. The largest absolute Gasteiger partial charge is 0.494 e. The van der Waals surface area contributed by atoms with Crippen LogP contribution < -0.4 is 10.5 Å². The monoisotopic (exact) mass is 509 g/mol. The summed E-state index contributed by atoms with van der Waals surface area (Å²) >= 11 is 0. The van der Waals surface area contributed by atoms with Gasteiger partial charge in [-0.05, 0) is 87.3 Å². The van der Waals surface area contributed by atoms with E-state index in [-0.39, 0.29) is 17.6 Å². The molecule has 1 aliphatic carbocycles. The fraction of sp³-hybridized carbons (Fsp3) is 0.429. The highest BCUT2D eigenvalue weighted by Gasteiger charge is 2.40. The Labute approximate surface area is 213 Å². The number of fused-ring (bicyclic) bond motifs is 3. The number of aromatic nitrogens is 1. The van der Waals surface area contributed by atoms with E-state index in [0.29, 0.717) is 18.9 Å². The van der Waals surface area contributed by atoms with E-state index in [4.69, 9.17) is 30.2 Å². The number of aliphatic imine (C=N–C) groups is 1. The van der Waals surface area contributed by atoms with Crippen molar-refractivity contribution in [2.75, 3.05) is 12.8 Å². The molecule has 36 heavy (non-hydrogen) atoms. The third kappa shape index (κ3) is 6.15. The highest BCUT2D eigenvalue weighted by atomic mass is 31.2. The van der Waals surface area contributed by atoms with Gasteiger partial charge in [0.1, 0.15) is 17.3 Å². The van der Waals surface area contributed by atoms with Crippen LogP contribution in [0.3, 0.4) is 0 Å². The molecule has 0 saturated heterocycles. The van der Waals surface area contributed by atoms with Crippen LogP contribution in [-0.4, -0.2) is 39.4 Å². The molecule has 0 radical (unpaired) electrons. The summed E-state index contributed by atoms with van der Waals surface area (Å²) < 4.78 is 16.7. The topological polar surface area (TPSA) is 118 Å². The average Bonchev–Trinajstić information content (AvgIpc) is 2.81. The maximum absolute atomic E-state index is 10.9. The normalized spacial score (nSPS) is 20.9. The summed E-state index contributed by atoms with van der Waals surface area (Å²) in [6.45, 7) is 6.92. The van der Waals surface area contributed by atoms with Crippen LogP contribution in [0.1, 0.15) is 61.1 Å². The summed E-state index contributed by atoms with van der Waals surface area (Å²) in [5, 5.41) is 0. The van der Waals surface area contributed by atoms with E-state index in [1.807, 2.05) is 12.3 Å². The van der Waals surface area contributed by atoms with Crippen LogP contribution in [0, 0.1) is 6.92 Å². The third-order valence-corrected chi connectivity index (χ3v) is 8.03. The number of nitrogens with two attached hydrogens (primary N) is 1. The summed E-state index contributed by atoms with van der Waals surface area (Å²) in [5.74, 6) is 1.33. The van der Waals surface area contributed by atoms with Gasteiger partial charge in [-0.2, -0.15) is 0 Å². The second-order valence-corrected chi connectivity index (χ2v) is 11.9. The Morgan fingerprint density at radius 2 is 1.94 bits per heavy atom. The maximum atomic E-state index is 10.9. The Morgan fingerprint density at radius 3 is 2.69 bits per heavy atom. The van der Waals surface area contributed by atoms with Crippen molar-refractivity contribution in [3.8, 4) is 5.75 Å². The first-order chi connectivity index (χ1) is 17.0. The number of pyridine rings is 1. The van der Waals surface area contributed by atoms with E-state index in [1.165, 1.54) is 22.3 Å². The number of hydrogen-bond donors (Lipinski definition) is 3. The summed E-state index contributed by atoms with van der Waals surface area (Å²) in [5.41, 5.74) is 12.8. The van der Waals surface area contributed by atoms with Crippen LogP contribution >= 0.6 is 7.60 Å². The Bertz CT molecular complexity index is 1260. The zero-order chi connectivity index (χ0) is 25.9. The van der Waals surface area contributed by atoms with Crippen LogP contribution in [0.2, 0.25) is 0 Å². The van der Waals surface area contributed by atoms with E-state index in [1.54, 1.807) is 0 Å². The SMILES string of the molecule is CC1=CC2N=C(N)c3ncc(CCc4ccc(OCCCCCP(=O)(O)O)cc4C)cc3C2(C)C=C1. The van der Waals surface area contributed by atoms with Crippen molar-refractivity contribution >= 4 is 13.4 Å². The standard InChI is InChI=1S/C28H36N3O4P/c1-19-11-12-28(3)24-17-21(18-30-26(24)27(29)31-25(28)15-19)7-8-22-9-10-23(16-20(22)2)35-13-5-4-6-14-36(32,33)34/h9-12,15-18,25H,4-8,13-14H2,1-3H3,(H2,29,31)(H2,32,33,34). The van der Waals surface area contributed by atoms with E-state index in [2.05, 4.69) is 57.2 Å². The molecule has 0 amide bonds. The molecule has 2 atom stereocenters. The number of unbranched alkanes of at least 4 members (excludes halogenated alkanes) is 2. The molecule has 2 heterocycles. The van der Waals surface area contributed by atoms with Crippen molar-refractivity contribution in [2.24, 2.45) is 10.7 Å². The number of amidine groups is 1. The second kappa shape index (κ2) is 10.7. The molecule has 0 spiro atoms. The van der Waals surface area contributed by atoms with Crippen LogP contribution in [0.4, 0.5) is 0 Å². The molecular formula is C28H36N3O4P. The Balaban J connectivity index is 1.36. The molecule has 0 saturated carbocycles. The highest BCUT2D eigenvalue weighted by Crippen LogP contribution is 2.40. The fourth-order valence-electron chi connectivity index (χ4n) is 4.88. The summed E-state index contributed by atoms with van der Waals surface area (Å²) in [6, 6.07) is 8.40. The van der Waals surface area contributed by atoms with Gasteiger partial charge in [-0.1, -0.05) is 35.9 Å². The quantitative estimate of drug-likeness (QED) is 0.314. The van der Waals surface area contributed by atoms with E-state index >= 15 is 0 Å². The lowest BCUT2D eigenvalue weighted by Crippen LogP contribution is -2.42. The molecule has 4 rings (SSSR count). The molecule has 8 heteroatoms. The zero-order valence-corrected chi connectivity index (χ0v) is 22.2. The number of benzene rings is 1. The van der Waals surface area contributed by atoms with Crippen molar-refractivity contribution in [2.45, 2.75) is 64.3 Å². The van der Waals surface area contributed by atoms with Gasteiger partial charge in [0, 0.05) is 17.8 Å². The zero-order valence-electron chi connectivity index (χ0n) is 21.3. The highest BCUT2D eigenvalue weighted by molar-refractivity contribution is 7.51. The molecule has 0 fully saturated rings. The summed E-state index contributed by atoms with van der Waals surface area (Å²) in [4.78, 5) is 27.2. The smallest absolute Gasteiger partial charge is 0.325 e. The first kappa shape index (κ1) is 26.3. The van der Waals surface area contributed by atoms with E-state index < -0.39 is 7.60 Å². The fourth-order valence-corrected chi connectivity index (χ4v) is 5.51. The van der Waals surface area contributed by atoms with Gasteiger partial charge >= 0.3 is 7.60 Å². The maximum Gasteiger partial charge on any atom is 0.325 e. The molecule has 192 valence electrons. The van der Waals surface area contributed by atoms with Gasteiger partial charge in [0.2, 0.25) is 0 Å². The molecular weight excluding hydrogens is 473 g/mol. The number of aryl methyl sites for hydroxylation is 3. The molecule has 2 aromatic rings. The van der Waals surface area contributed by atoms with Crippen LogP contribution in [-0.2, 0) is 22.8 Å². The molecule has 1 aromatic carbocycles. The van der Waals surface area contributed by atoms with Crippen LogP contribution in [0.5, 0.6) is 5.75 Å². The van der Waals surface area contributed by atoms with Gasteiger partial charge in [-0.25, -0.2) is 0 Å².